The summed E-state index contributed by atoms with van der Waals surface area (Å²) in [6, 6.07) is 7.19. The Bertz CT molecular complexity index is 437. The first kappa shape index (κ1) is 13.1. The molecule has 2 aliphatic rings. The molecule has 2 heteroatoms. The van der Waals surface area contributed by atoms with Crippen molar-refractivity contribution in [2.45, 2.75) is 44.9 Å². The van der Waals surface area contributed by atoms with Gasteiger partial charge in [0.1, 0.15) is 5.82 Å². The van der Waals surface area contributed by atoms with Gasteiger partial charge in [0.25, 0.3) is 0 Å². The molecule has 3 rings (SSSR count). The molecular formula is C17H24FN. The minimum atomic E-state index is -0.130. The summed E-state index contributed by atoms with van der Waals surface area (Å²) in [6.45, 7) is 6.58. The number of benzene rings is 1. The van der Waals surface area contributed by atoms with E-state index in [1.165, 1.54) is 31.2 Å². The number of halogens is 1. The van der Waals surface area contributed by atoms with Crippen LogP contribution in [-0.2, 0) is 5.41 Å². The van der Waals surface area contributed by atoms with Crippen LogP contribution in [0, 0.1) is 17.2 Å². The molecular weight excluding hydrogens is 237 g/mol. The second kappa shape index (κ2) is 4.59. The highest BCUT2D eigenvalue weighted by Gasteiger charge is 2.60. The summed E-state index contributed by atoms with van der Waals surface area (Å²) in [5.74, 6) is 0.551. The summed E-state index contributed by atoms with van der Waals surface area (Å²) < 4.78 is 13.1. The van der Waals surface area contributed by atoms with Gasteiger partial charge in [-0.15, -0.1) is 0 Å². The largest absolute Gasteiger partial charge is 0.316 e. The Balaban J connectivity index is 1.72. The Morgan fingerprint density at radius 2 is 1.79 bits per heavy atom. The zero-order valence-corrected chi connectivity index (χ0v) is 12.0. The monoisotopic (exact) mass is 261 g/mol. The van der Waals surface area contributed by atoms with Crippen molar-refractivity contribution in [3.63, 3.8) is 0 Å². The maximum absolute atomic E-state index is 13.1. The molecule has 0 aliphatic heterocycles. The Kier molecular flexibility index (Phi) is 3.17. The number of hydrogen-bond donors (Lipinski definition) is 1. The van der Waals surface area contributed by atoms with Crippen molar-refractivity contribution in [3.8, 4) is 0 Å². The van der Waals surface area contributed by atoms with E-state index in [1.807, 2.05) is 12.1 Å². The molecule has 0 heterocycles. The lowest BCUT2D eigenvalue weighted by Crippen LogP contribution is -2.50. The van der Waals surface area contributed by atoms with Crippen LogP contribution in [0.25, 0.3) is 0 Å². The molecule has 0 radical (unpaired) electrons. The molecule has 1 aromatic rings. The van der Waals surface area contributed by atoms with Crippen molar-refractivity contribution < 1.29 is 4.39 Å². The van der Waals surface area contributed by atoms with Crippen LogP contribution in [0.1, 0.15) is 45.1 Å². The van der Waals surface area contributed by atoms with Crippen molar-refractivity contribution in [3.05, 3.63) is 35.6 Å². The number of hydrogen-bond acceptors (Lipinski definition) is 1. The van der Waals surface area contributed by atoms with Crippen LogP contribution in [0.5, 0.6) is 0 Å². The number of nitrogens with one attached hydrogen (secondary N) is 1. The van der Waals surface area contributed by atoms with Crippen molar-refractivity contribution in [2.24, 2.45) is 11.3 Å². The lowest BCUT2D eigenvalue weighted by molar-refractivity contribution is 0.115. The van der Waals surface area contributed by atoms with E-state index in [0.717, 1.165) is 13.1 Å². The summed E-state index contributed by atoms with van der Waals surface area (Å²) in [5.41, 5.74) is 2.25. The van der Waals surface area contributed by atoms with Gasteiger partial charge >= 0.3 is 0 Å². The highest BCUT2D eigenvalue weighted by atomic mass is 19.1. The molecule has 0 bridgehead atoms. The summed E-state index contributed by atoms with van der Waals surface area (Å²) >= 11 is 0. The predicted octanol–water partition coefficient (Wildman–Crippen LogP) is 3.88. The second-order valence-corrected chi connectivity index (χ2v) is 7.17. The molecule has 0 atom stereocenters. The first-order chi connectivity index (χ1) is 9.04. The Morgan fingerprint density at radius 1 is 1.16 bits per heavy atom. The fourth-order valence-electron chi connectivity index (χ4n) is 3.75. The van der Waals surface area contributed by atoms with Gasteiger partial charge in [-0.2, -0.15) is 0 Å². The van der Waals surface area contributed by atoms with Crippen LogP contribution in [-0.4, -0.2) is 13.1 Å². The molecule has 2 saturated carbocycles. The van der Waals surface area contributed by atoms with E-state index < -0.39 is 0 Å². The molecule has 19 heavy (non-hydrogen) atoms. The highest BCUT2D eigenvalue weighted by Crippen LogP contribution is 2.68. The summed E-state index contributed by atoms with van der Waals surface area (Å²) in [7, 11) is 0. The molecule has 104 valence electrons. The van der Waals surface area contributed by atoms with E-state index in [4.69, 9.17) is 0 Å². The van der Waals surface area contributed by atoms with Gasteiger partial charge in [0.05, 0.1) is 0 Å². The topological polar surface area (TPSA) is 12.0 Å². The molecule has 0 saturated heterocycles. The minimum Gasteiger partial charge on any atom is -0.316 e. The fourth-order valence-corrected chi connectivity index (χ4v) is 3.75. The summed E-state index contributed by atoms with van der Waals surface area (Å²) in [5, 5.41) is 3.61. The maximum Gasteiger partial charge on any atom is 0.123 e. The van der Waals surface area contributed by atoms with Crippen LogP contribution < -0.4 is 5.32 Å². The minimum absolute atomic E-state index is 0.130. The normalized spacial score (nSPS) is 22.5. The van der Waals surface area contributed by atoms with Crippen molar-refractivity contribution >= 4 is 0 Å². The van der Waals surface area contributed by atoms with Crippen molar-refractivity contribution in [1.82, 2.24) is 5.32 Å². The molecule has 1 N–H and O–H groups in total. The predicted molar refractivity (Wildman–Crippen MR) is 76.7 cm³/mol. The van der Waals surface area contributed by atoms with E-state index in [1.54, 1.807) is 12.1 Å². The van der Waals surface area contributed by atoms with Gasteiger partial charge in [-0.3, -0.25) is 0 Å². The smallest absolute Gasteiger partial charge is 0.123 e. The second-order valence-electron chi connectivity index (χ2n) is 7.17. The van der Waals surface area contributed by atoms with Crippen LogP contribution >= 0.6 is 0 Å². The first-order valence-corrected chi connectivity index (χ1v) is 7.51. The van der Waals surface area contributed by atoms with Crippen molar-refractivity contribution in [1.29, 1.82) is 0 Å². The van der Waals surface area contributed by atoms with Gasteiger partial charge in [0.2, 0.25) is 0 Å². The van der Waals surface area contributed by atoms with Crippen LogP contribution in [0.3, 0.4) is 0 Å². The molecule has 2 aliphatic carbocycles. The third kappa shape index (κ3) is 2.55. The molecule has 0 aromatic heterocycles. The molecule has 1 spiro atoms. The molecule has 2 fully saturated rings. The standard InChI is InChI=1S/C17H24FN/c1-13(2)9-19-12-17(10-16(11-17)7-8-16)14-3-5-15(18)6-4-14/h3-6,13,19H,7-12H2,1-2H3. The first-order valence-electron chi connectivity index (χ1n) is 7.51. The van der Waals surface area contributed by atoms with Gasteiger partial charge in [0, 0.05) is 12.0 Å². The van der Waals surface area contributed by atoms with Crippen LogP contribution in [0.4, 0.5) is 4.39 Å². The summed E-state index contributed by atoms with van der Waals surface area (Å²) in [6.07, 6.45) is 5.38. The van der Waals surface area contributed by atoms with E-state index in [9.17, 15) is 4.39 Å². The SMILES string of the molecule is CC(C)CNCC1(c2ccc(F)cc2)CC2(CC2)C1. The third-order valence-corrected chi connectivity index (χ3v) is 4.86. The Labute approximate surface area is 115 Å². The summed E-state index contributed by atoms with van der Waals surface area (Å²) in [4.78, 5) is 0. The maximum atomic E-state index is 13.1. The lowest BCUT2D eigenvalue weighted by atomic mass is 9.56. The van der Waals surface area contributed by atoms with Gasteiger partial charge in [-0.1, -0.05) is 26.0 Å². The molecule has 1 nitrogen and oxygen atoms in total. The molecule has 1 aromatic carbocycles. The Hall–Kier alpha value is -0.890. The van der Waals surface area contributed by atoms with Crippen LogP contribution in [0.2, 0.25) is 0 Å². The highest BCUT2D eigenvalue weighted by molar-refractivity contribution is 5.33. The molecule has 0 unspecified atom stereocenters. The quantitative estimate of drug-likeness (QED) is 0.848. The van der Waals surface area contributed by atoms with Gasteiger partial charge in [-0.05, 0) is 61.3 Å². The average Bonchev–Trinajstić information content (AvgIpc) is 3.08. The van der Waals surface area contributed by atoms with Crippen LogP contribution in [0.15, 0.2) is 24.3 Å². The Morgan fingerprint density at radius 3 is 2.32 bits per heavy atom. The van der Waals surface area contributed by atoms with E-state index in [0.29, 0.717) is 11.3 Å². The fraction of sp³-hybridized carbons (Fsp3) is 0.647. The zero-order chi connectivity index (χ0) is 13.5. The van der Waals surface area contributed by atoms with E-state index in [2.05, 4.69) is 19.2 Å². The zero-order valence-electron chi connectivity index (χ0n) is 12.0. The van der Waals surface area contributed by atoms with Gasteiger partial charge in [-0.25, -0.2) is 4.39 Å². The van der Waals surface area contributed by atoms with Gasteiger partial charge in [0.15, 0.2) is 0 Å². The average molecular weight is 261 g/mol. The number of rotatable bonds is 5. The molecule has 0 amide bonds. The van der Waals surface area contributed by atoms with Crippen molar-refractivity contribution in [2.75, 3.05) is 13.1 Å². The third-order valence-electron chi connectivity index (χ3n) is 4.86. The van der Waals surface area contributed by atoms with Gasteiger partial charge < -0.3 is 5.32 Å². The van der Waals surface area contributed by atoms with E-state index in [-0.39, 0.29) is 11.2 Å². The van der Waals surface area contributed by atoms with E-state index >= 15 is 0 Å². The lowest BCUT2D eigenvalue weighted by Gasteiger charge is -2.49.